The lowest BCUT2D eigenvalue weighted by Crippen LogP contribution is -2.55. The number of hydrogen-bond donors (Lipinski definition) is 1. The Kier molecular flexibility index (Phi) is 6.67. The summed E-state index contributed by atoms with van der Waals surface area (Å²) in [6, 6.07) is 21.7. The van der Waals surface area contributed by atoms with Gasteiger partial charge >= 0.3 is 12.6 Å². The number of carboxylic acids is 1. The molecule has 3 aromatic carbocycles. The van der Waals surface area contributed by atoms with E-state index in [0.29, 0.717) is 18.4 Å². The third-order valence-electron chi connectivity index (χ3n) is 6.10. The topological polar surface area (TPSA) is 83.9 Å². The van der Waals surface area contributed by atoms with Gasteiger partial charge in [-0.05, 0) is 60.2 Å². The second-order valence-corrected chi connectivity index (χ2v) is 9.95. The van der Waals surface area contributed by atoms with Gasteiger partial charge in [-0.3, -0.25) is 4.79 Å². The fraction of sp³-hybridized carbons (Fsp3) is 0.240. The van der Waals surface area contributed by atoms with E-state index in [1.54, 1.807) is 0 Å². The number of halogens is 2. The van der Waals surface area contributed by atoms with Crippen molar-refractivity contribution in [1.82, 2.24) is 4.31 Å². The average Bonchev–Trinajstić information content (AvgIpc) is 2.78. The molecule has 1 aliphatic carbocycles. The number of ether oxygens (including phenoxy) is 1. The quantitative estimate of drug-likeness (QED) is 0.454. The van der Waals surface area contributed by atoms with Crippen molar-refractivity contribution in [2.45, 2.75) is 36.3 Å². The summed E-state index contributed by atoms with van der Waals surface area (Å²) in [7, 11) is -4.26. The number of aliphatic carboxylic acids is 1. The van der Waals surface area contributed by atoms with E-state index in [9.17, 15) is 27.1 Å². The fourth-order valence-corrected chi connectivity index (χ4v) is 6.07. The van der Waals surface area contributed by atoms with Crippen molar-refractivity contribution < 1.29 is 31.8 Å². The van der Waals surface area contributed by atoms with Gasteiger partial charge in [0.15, 0.2) is 0 Å². The monoisotopic (exact) mass is 487 g/mol. The molecule has 0 heterocycles. The Bertz CT molecular complexity index is 1240. The molecule has 1 N–H and O–H groups in total. The lowest BCUT2D eigenvalue weighted by atomic mass is 9.71. The van der Waals surface area contributed by atoms with E-state index in [-0.39, 0.29) is 10.6 Å². The second kappa shape index (κ2) is 9.52. The van der Waals surface area contributed by atoms with E-state index in [4.69, 9.17) is 0 Å². The maximum atomic E-state index is 13.6. The molecule has 0 radical (unpaired) electrons. The first-order valence-electron chi connectivity index (χ1n) is 10.7. The molecule has 1 aliphatic rings. The molecule has 6 nitrogen and oxygen atoms in total. The molecule has 0 aliphatic heterocycles. The summed E-state index contributed by atoms with van der Waals surface area (Å²) in [6.45, 7) is -3.76. The van der Waals surface area contributed by atoms with Gasteiger partial charge < -0.3 is 9.84 Å². The van der Waals surface area contributed by atoms with Crippen LogP contribution in [0, 0.1) is 0 Å². The van der Waals surface area contributed by atoms with E-state index >= 15 is 0 Å². The lowest BCUT2D eigenvalue weighted by molar-refractivity contribution is -0.139. The van der Waals surface area contributed by atoms with Crippen molar-refractivity contribution in [3.05, 3.63) is 84.4 Å². The van der Waals surface area contributed by atoms with Gasteiger partial charge in [0.25, 0.3) is 0 Å². The molecule has 0 amide bonds. The van der Waals surface area contributed by atoms with E-state index in [0.717, 1.165) is 46.1 Å². The SMILES string of the molecule is O=C(O)CN(C1(c2ccc(-c3ccccc3)cc2)CCC1)S(=O)(=O)c1ccc(OC(F)F)cc1. The van der Waals surface area contributed by atoms with Gasteiger partial charge in [0.1, 0.15) is 12.3 Å². The Labute approximate surface area is 196 Å². The van der Waals surface area contributed by atoms with Crippen LogP contribution >= 0.6 is 0 Å². The first-order chi connectivity index (χ1) is 16.2. The van der Waals surface area contributed by atoms with Crippen LogP contribution in [0.2, 0.25) is 0 Å². The molecular formula is C25H23F2NO5S. The molecule has 1 fully saturated rings. The highest BCUT2D eigenvalue weighted by Crippen LogP contribution is 2.49. The van der Waals surface area contributed by atoms with E-state index in [1.165, 1.54) is 0 Å². The highest BCUT2D eigenvalue weighted by atomic mass is 32.2. The summed E-state index contributed by atoms with van der Waals surface area (Å²) in [5, 5.41) is 9.55. The van der Waals surface area contributed by atoms with Crippen LogP contribution in [0.3, 0.4) is 0 Å². The lowest BCUT2D eigenvalue weighted by Gasteiger charge is -2.49. The van der Waals surface area contributed by atoms with Gasteiger partial charge in [-0.1, -0.05) is 54.6 Å². The molecular weight excluding hydrogens is 464 g/mol. The molecule has 0 bridgehead atoms. The van der Waals surface area contributed by atoms with Gasteiger partial charge in [0.2, 0.25) is 10.0 Å². The predicted molar refractivity (Wildman–Crippen MR) is 122 cm³/mol. The molecule has 0 spiro atoms. The van der Waals surface area contributed by atoms with Gasteiger partial charge in [-0.15, -0.1) is 0 Å². The Balaban J connectivity index is 1.71. The zero-order valence-electron chi connectivity index (χ0n) is 18.1. The smallest absolute Gasteiger partial charge is 0.387 e. The Morgan fingerprint density at radius 1 is 0.941 bits per heavy atom. The van der Waals surface area contributed by atoms with Crippen LogP contribution in [0.4, 0.5) is 8.78 Å². The minimum absolute atomic E-state index is 0.186. The number of hydrogen-bond acceptors (Lipinski definition) is 4. The van der Waals surface area contributed by atoms with Gasteiger partial charge in [0.05, 0.1) is 10.4 Å². The van der Waals surface area contributed by atoms with Crippen LogP contribution in [0.25, 0.3) is 11.1 Å². The zero-order chi connectivity index (χ0) is 24.3. The molecule has 0 atom stereocenters. The molecule has 0 saturated heterocycles. The molecule has 3 aromatic rings. The van der Waals surface area contributed by atoms with Crippen LogP contribution in [0.1, 0.15) is 24.8 Å². The Morgan fingerprint density at radius 3 is 2.03 bits per heavy atom. The van der Waals surface area contributed by atoms with Crippen molar-refractivity contribution in [3.8, 4) is 16.9 Å². The summed E-state index contributed by atoms with van der Waals surface area (Å²) in [6.07, 6.45) is 1.68. The van der Waals surface area contributed by atoms with E-state index in [1.807, 2.05) is 54.6 Å². The van der Waals surface area contributed by atoms with Crippen LogP contribution in [0.15, 0.2) is 83.8 Å². The molecule has 34 heavy (non-hydrogen) atoms. The fourth-order valence-electron chi connectivity index (χ4n) is 4.31. The van der Waals surface area contributed by atoms with Crippen LogP contribution in [-0.4, -0.2) is 37.0 Å². The third-order valence-corrected chi connectivity index (χ3v) is 8.03. The number of rotatable bonds is 9. The number of carbonyl (C=O) groups is 1. The molecule has 178 valence electrons. The summed E-state index contributed by atoms with van der Waals surface area (Å²) < 4.78 is 57.4. The Morgan fingerprint density at radius 2 is 1.53 bits per heavy atom. The zero-order valence-corrected chi connectivity index (χ0v) is 18.9. The first-order valence-corrected chi connectivity index (χ1v) is 12.1. The van der Waals surface area contributed by atoms with Crippen molar-refractivity contribution in [1.29, 1.82) is 0 Å². The summed E-state index contributed by atoms with van der Waals surface area (Å²) in [5.74, 6) is -1.47. The summed E-state index contributed by atoms with van der Waals surface area (Å²) >= 11 is 0. The number of benzene rings is 3. The maximum Gasteiger partial charge on any atom is 0.387 e. The first kappa shape index (κ1) is 23.8. The van der Waals surface area contributed by atoms with Crippen molar-refractivity contribution in [2.24, 2.45) is 0 Å². The largest absolute Gasteiger partial charge is 0.480 e. The maximum absolute atomic E-state index is 13.6. The molecule has 0 unspecified atom stereocenters. The van der Waals surface area contributed by atoms with Gasteiger partial charge in [0, 0.05) is 0 Å². The van der Waals surface area contributed by atoms with E-state index in [2.05, 4.69) is 4.74 Å². The highest BCUT2D eigenvalue weighted by Gasteiger charge is 2.50. The molecule has 0 aromatic heterocycles. The normalized spacial score (nSPS) is 15.2. The molecule has 4 rings (SSSR count). The van der Waals surface area contributed by atoms with Gasteiger partial charge in [-0.25, -0.2) is 8.42 Å². The van der Waals surface area contributed by atoms with E-state index < -0.39 is 34.7 Å². The highest BCUT2D eigenvalue weighted by molar-refractivity contribution is 7.89. The summed E-state index contributed by atoms with van der Waals surface area (Å²) in [5.41, 5.74) is 1.67. The number of alkyl halides is 2. The summed E-state index contributed by atoms with van der Waals surface area (Å²) in [4.78, 5) is 11.5. The minimum Gasteiger partial charge on any atom is -0.480 e. The minimum atomic E-state index is -4.26. The number of sulfonamides is 1. The standard InChI is InChI=1S/C25H23F2NO5S/c26-24(27)33-21-11-13-22(14-12-21)34(31,32)28(17-23(29)30)25(15-4-16-25)20-9-7-19(8-10-20)18-5-2-1-3-6-18/h1-3,5-14,24H,4,15-17H2,(H,29,30). The Hall–Kier alpha value is -3.30. The van der Waals surface area contributed by atoms with Crippen LogP contribution < -0.4 is 4.74 Å². The van der Waals surface area contributed by atoms with Crippen molar-refractivity contribution >= 4 is 16.0 Å². The van der Waals surface area contributed by atoms with Gasteiger partial charge in [-0.2, -0.15) is 13.1 Å². The number of carboxylic acid groups (broad SMARTS) is 1. The van der Waals surface area contributed by atoms with Crippen LogP contribution in [0.5, 0.6) is 5.75 Å². The third kappa shape index (κ3) is 4.67. The number of nitrogens with zero attached hydrogens (tertiary/aromatic N) is 1. The second-order valence-electron chi connectivity index (χ2n) is 8.08. The van der Waals surface area contributed by atoms with Crippen LogP contribution in [-0.2, 0) is 20.4 Å². The van der Waals surface area contributed by atoms with Crippen molar-refractivity contribution in [2.75, 3.05) is 6.54 Å². The van der Waals surface area contributed by atoms with Crippen molar-refractivity contribution in [3.63, 3.8) is 0 Å². The predicted octanol–water partition coefficient (Wildman–Crippen LogP) is 5.11. The molecule has 9 heteroatoms. The average molecular weight is 488 g/mol. The molecule has 1 saturated carbocycles.